The third-order valence-corrected chi connectivity index (χ3v) is 12.1. The second-order valence-electron chi connectivity index (χ2n) is 13.7. The quantitative estimate of drug-likeness (QED) is 0.555. The van der Waals surface area contributed by atoms with E-state index < -0.39 is 0 Å². The first-order valence-corrected chi connectivity index (χ1v) is 14.6. The van der Waals surface area contributed by atoms with Gasteiger partial charge >= 0.3 is 0 Å². The maximum absolute atomic E-state index is 12.2. The van der Waals surface area contributed by atoms with Gasteiger partial charge in [-0.05, 0) is 93.3 Å². The van der Waals surface area contributed by atoms with Gasteiger partial charge in [-0.2, -0.15) is 0 Å². The Hall–Kier alpha value is -0.710. The van der Waals surface area contributed by atoms with E-state index in [0.29, 0.717) is 41.1 Å². The van der Waals surface area contributed by atoms with Crippen molar-refractivity contribution in [1.29, 1.82) is 0 Å². The lowest BCUT2D eigenvalue weighted by molar-refractivity contribution is -0.129. The van der Waals surface area contributed by atoms with Crippen molar-refractivity contribution in [2.45, 2.75) is 110 Å². The maximum Gasteiger partial charge on any atom is 0.133 e. The van der Waals surface area contributed by atoms with Crippen LogP contribution in [0.5, 0.6) is 0 Å². The normalized spacial score (nSPS) is 51.1. The number of nitrogens with zero attached hydrogens (tertiary/aromatic N) is 1. The molecule has 2 N–H and O–H groups in total. The number of hydrogen-bond donors (Lipinski definition) is 1. The van der Waals surface area contributed by atoms with Crippen molar-refractivity contribution >= 4 is 5.78 Å². The van der Waals surface area contributed by atoms with E-state index in [1.807, 2.05) is 5.57 Å². The highest BCUT2D eigenvalue weighted by Gasteiger charge is 2.60. The van der Waals surface area contributed by atoms with Crippen LogP contribution in [0.1, 0.15) is 91.9 Å². The molecule has 34 heavy (non-hydrogen) atoms. The molecular weight excluding hydrogens is 420 g/mol. The molecule has 4 nitrogen and oxygen atoms in total. The molecule has 6 aliphatic rings. The number of ether oxygens (including phenoxy) is 1. The number of hydrogen-bond acceptors (Lipinski definition) is 4. The number of carbonyl (C=O) groups excluding carboxylic acids is 1. The molecule has 190 valence electrons. The SMILES string of the molecule is CC1=C2C[C@H]3[C@@H](CC[C@@H]4CC(=O)CC[C@@]43C)[C@@H]2CCC2(C1)O[C@@H]1C[C@H](C)CN(CCN)[C@H]1[C@H]2C. The van der Waals surface area contributed by atoms with Crippen molar-refractivity contribution in [1.82, 2.24) is 4.90 Å². The van der Waals surface area contributed by atoms with E-state index >= 15 is 0 Å². The molecule has 10 atom stereocenters. The Kier molecular flexibility index (Phi) is 5.86. The lowest BCUT2D eigenvalue weighted by Gasteiger charge is -2.52. The standard InChI is InChI=1S/C30H48N2O2/c1-18-13-27-28(32(17-18)12-11-31)20(3)30(34-27)10-8-23-24-6-5-21-14-22(33)7-9-29(21,4)26(24)15-25(23)19(2)16-30/h18,20-21,23-24,26-28H,5-17,31H2,1-4H3/t18-,20+,21+,23-,24-,26-,27+,28-,29-,30?/m0/s1. The van der Waals surface area contributed by atoms with Crippen LogP contribution in [0.3, 0.4) is 0 Å². The molecule has 1 spiro atoms. The predicted octanol–water partition coefficient (Wildman–Crippen LogP) is 5.35. The van der Waals surface area contributed by atoms with E-state index in [0.717, 1.165) is 56.5 Å². The molecule has 0 aromatic carbocycles. The van der Waals surface area contributed by atoms with Crippen LogP contribution in [-0.2, 0) is 9.53 Å². The number of ketones is 1. The third kappa shape index (κ3) is 3.44. The van der Waals surface area contributed by atoms with Crippen molar-refractivity contribution in [2.24, 2.45) is 46.7 Å². The van der Waals surface area contributed by atoms with Crippen LogP contribution < -0.4 is 5.73 Å². The average molecular weight is 469 g/mol. The fourth-order valence-corrected chi connectivity index (χ4v) is 10.4. The first-order valence-electron chi connectivity index (χ1n) is 14.6. The number of piperidine rings is 1. The number of likely N-dealkylation sites (tertiary alicyclic amines) is 1. The molecule has 2 heterocycles. The Morgan fingerprint density at radius 1 is 1.15 bits per heavy atom. The van der Waals surface area contributed by atoms with Gasteiger partial charge in [0.1, 0.15) is 5.78 Å². The highest BCUT2D eigenvalue weighted by molar-refractivity contribution is 5.79. The van der Waals surface area contributed by atoms with Crippen LogP contribution in [0.15, 0.2) is 11.1 Å². The molecule has 0 radical (unpaired) electrons. The summed E-state index contributed by atoms with van der Waals surface area (Å²) in [6.07, 6.45) is 12.0. The van der Waals surface area contributed by atoms with Crippen molar-refractivity contribution in [3.8, 4) is 0 Å². The van der Waals surface area contributed by atoms with Gasteiger partial charge in [-0.1, -0.05) is 31.9 Å². The first-order chi connectivity index (χ1) is 16.3. The molecule has 3 saturated carbocycles. The van der Waals surface area contributed by atoms with E-state index in [2.05, 4.69) is 32.6 Å². The molecule has 5 fully saturated rings. The van der Waals surface area contributed by atoms with Crippen LogP contribution in [0.2, 0.25) is 0 Å². The first kappa shape index (κ1) is 23.7. The number of carbonyl (C=O) groups is 1. The summed E-state index contributed by atoms with van der Waals surface area (Å²) in [5.74, 6) is 4.82. The van der Waals surface area contributed by atoms with E-state index in [1.165, 1.54) is 45.1 Å². The highest BCUT2D eigenvalue weighted by Crippen LogP contribution is 2.65. The Balaban J connectivity index is 1.27. The van der Waals surface area contributed by atoms with E-state index in [9.17, 15) is 4.79 Å². The molecule has 0 bridgehead atoms. The molecule has 6 rings (SSSR count). The molecule has 2 aliphatic heterocycles. The molecule has 0 aromatic rings. The Bertz CT molecular complexity index is 868. The lowest BCUT2D eigenvalue weighted by Crippen LogP contribution is -2.53. The number of nitrogens with two attached hydrogens (primary N) is 1. The monoisotopic (exact) mass is 468 g/mol. The van der Waals surface area contributed by atoms with Gasteiger partial charge in [-0.15, -0.1) is 0 Å². The fraction of sp³-hybridized carbons (Fsp3) is 0.900. The summed E-state index contributed by atoms with van der Waals surface area (Å²) < 4.78 is 7.17. The second kappa shape index (κ2) is 8.42. The summed E-state index contributed by atoms with van der Waals surface area (Å²) in [5, 5.41) is 0. The van der Waals surface area contributed by atoms with Gasteiger partial charge in [0.2, 0.25) is 0 Å². The summed E-state index contributed by atoms with van der Waals surface area (Å²) in [6, 6.07) is 0.539. The third-order valence-electron chi connectivity index (χ3n) is 12.1. The zero-order valence-corrected chi connectivity index (χ0v) is 22.2. The molecular formula is C30H48N2O2. The summed E-state index contributed by atoms with van der Waals surface area (Å²) >= 11 is 0. The molecule has 0 aromatic heterocycles. The van der Waals surface area contributed by atoms with Crippen LogP contribution >= 0.6 is 0 Å². The molecule has 4 heteroatoms. The minimum absolute atomic E-state index is 0.0154. The second-order valence-corrected chi connectivity index (χ2v) is 13.7. The van der Waals surface area contributed by atoms with E-state index in [-0.39, 0.29) is 5.60 Å². The topological polar surface area (TPSA) is 55.6 Å². The van der Waals surface area contributed by atoms with Crippen molar-refractivity contribution < 1.29 is 9.53 Å². The number of Topliss-reactive ketones (excluding diaryl/α,β-unsaturated/α-hetero) is 1. The van der Waals surface area contributed by atoms with Crippen LogP contribution in [-0.4, -0.2) is 48.1 Å². The van der Waals surface area contributed by atoms with E-state index in [4.69, 9.17) is 10.5 Å². The highest BCUT2D eigenvalue weighted by atomic mass is 16.5. The van der Waals surface area contributed by atoms with Crippen LogP contribution in [0, 0.1) is 40.9 Å². The van der Waals surface area contributed by atoms with Gasteiger partial charge in [0.05, 0.1) is 11.7 Å². The van der Waals surface area contributed by atoms with Gasteiger partial charge in [0, 0.05) is 44.4 Å². The summed E-state index contributed by atoms with van der Waals surface area (Å²) in [6.45, 7) is 12.8. The van der Waals surface area contributed by atoms with Crippen LogP contribution in [0.4, 0.5) is 0 Å². The molecule has 4 aliphatic carbocycles. The Morgan fingerprint density at radius 3 is 2.76 bits per heavy atom. The van der Waals surface area contributed by atoms with Crippen molar-refractivity contribution in [3.05, 3.63) is 11.1 Å². The smallest absolute Gasteiger partial charge is 0.133 e. The molecule has 1 unspecified atom stereocenters. The number of allylic oxidation sites excluding steroid dienone is 1. The Morgan fingerprint density at radius 2 is 1.97 bits per heavy atom. The van der Waals surface area contributed by atoms with E-state index in [1.54, 1.807) is 5.57 Å². The summed E-state index contributed by atoms with van der Waals surface area (Å²) in [7, 11) is 0. The van der Waals surface area contributed by atoms with Gasteiger partial charge in [-0.3, -0.25) is 9.69 Å². The zero-order chi connectivity index (χ0) is 23.8. The van der Waals surface area contributed by atoms with Gasteiger partial charge in [0.25, 0.3) is 0 Å². The van der Waals surface area contributed by atoms with Crippen molar-refractivity contribution in [2.75, 3.05) is 19.6 Å². The maximum atomic E-state index is 12.2. The van der Waals surface area contributed by atoms with Crippen LogP contribution in [0.25, 0.3) is 0 Å². The van der Waals surface area contributed by atoms with Crippen molar-refractivity contribution in [3.63, 3.8) is 0 Å². The minimum atomic E-state index is 0.0154. The molecule has 2 saturated heterocycles. The fourth-order valence-electron chi connectivity index (χ4n) is 10.4. The largest absolute Gasteiger partial charge is 0.369 e. The van der Waals surface area contributed by atoms with Gasteiger partial charge in [0.15, 0.2) is 0 Å². The minimum Gasteiger partial charge on any atom is -0.369 e. The number of fused-ring (bicyclic) bond motifs is 6. The molecule has 0 amide bonds. The Labute approximate surface area is 207 Å². The zero-order valence-electron chi connectivity index (χ0n) is 22.2. The van der Waals surface area contributed by atoms with Gasteiger partial charge < -0.3 is 10.5 Å². The number of rotatable bonds is 2. The summed E-state index contributed by atoms with van der Waals surface area (Å²) in [5.41, 5.74) is 9.90. The lowest BCUT2D eigenvalue weighted by atomic mass is 9.52. The average Bonchev–Trinajstić information content (AvgIpc) is 3.25. The summed E-state index contributed by atoms with van der Waals surface area (Å²) in [4.78, 5) is 14.9. The van der Waals surface area contributed by atoms with Gasteiger partial charge in [-0.25, -0.2) is 0 Å². The predicted molar refractivity (Wildman–Crippen MR) is 136 cm³/mol.